The summed E-state index contributed by atoms with van der Waals surface area (Å²) >= 11 is 0. The molecule has 0 spiro atoms. The number of aliphatic hydroxyl groups excluding tert-OH is 1. The summed E-state index contributed by atoms with van der Waals surface area (Å²) in [7, 11) is -1.79. The van der Waals surface area contributed by atoms with E-state index in [0.29, 0.717) is 5.56 Å². The van der Waals surface area contributed by atoms with Gasteiger partial charge in [0.1, 0.15) is 12.4 Å². The fourth-order valence-electron chi connectivity index (χ4n) is 1.59. The maximum absolute atomic E-state index is 11.8. The average molecular weight is 295 g/mol. The molecule has 0 bridgehead atoms. The van der Waals surface area contributed by atoms with Crippen LogP contribution in [-0.4, -0.2) is 50.0 Å². The third-order valence-electron chi connectivity index (χ3n) is 2.54. The molecule has 1 amide bonds. The minimum Gasteiger partial charge on any atom is -0.384 e. The second kappa shape index (κ2) is 7.08. The molecule has 108 valence electrons. The topological polar surface area (TPSA) is 74.7 Å². The zero-order valence-electron chi connectivity index (χ0n) is 11.5. The second-order valence-electron chi connectivity index (χ2n) is 4.44. The van der Waals surface area contributed by atoms with Crippen LogP contribution in [-0.2, 0) is 21.2 Å². The number of benzene rings is 1. The molecular weight excluding hydrogens is 278 g/mol. The van der Waals surface area contributed by atoms with Crippen LogP contribution in [0.3, 0.4) is 0 Å². The Labute approximate surface area is 119 Å². The summed E-state index contributed by atoms with van der Waals surface area (Å²) in [6.45, 7) is 0.0296. The van der Waals surface area contributed by atoms with E-state index in [0.717, 1.165) is 11.8 Å². The molecule has 0 radical (unpaired) electrons. The molecule has 0 aliphatic rings. The van der Waals surface area contributed by atoms with Gasteiger partial charge in [0, 0.05) is 25.4 Å². The monoisotopic (exact) mass is 295 g/mol. The summed E-state index contributed by atoms with van der Waals surface area (Å²) < 4.78 is 22.2. The van der Waals surface area contributed by atoms with Crippen molar-refractivity contribution in [3.8, 4) is 11.8 Å². The van der Waals surface area contributed by atoms with Gasteiger partial charge in [-0.1, -0.05) is 30.0 Å². The first-order chi connectivity index (χ1) is 9.33. The van der Waals surface area contributed by atoms with Crippen LogP contribution < -0.4 is 0 Å². The van der Waals surface area contributed by atoms with Gasteiger partial charge in [0.2, 0.25) is 5.91 Å². The van der Waals surface area contributed by atoms with E-state index in [4.69, 9.17) is 5.11 Å². The molecule has 1 aromatic rings. The van der Waals surface area contributed by atoms with Crippen molar-refractivity contribution in [1.82, 2.24) is 4.90 Å². The second-order valence-corrected chi connectivity index (χ2v) is 6.58. The van der Waals surface area contributed by atoms with E-state index in [1.165, 1.54) is 4.90 Å². The molecule has 0 aliphatic heterocycles. The third kappa shape index (κ3) is 5.43. The first-order valence-corrected chi connectivity index (χ1v) is 7.99. The van der Waals surface area contributed by atoms with Gasteiger partial charge in [0.15, 0.2) is 9.84 Å². The minimum absolute atomic E-state index is 0.239. The molecule has 5 nitrogen and oxygen atoms in total. The lowest BCUT2D eigenvalue weighted by Crippen LogP contribution is -2.31. The Kier molecular flexibility index (Phi) is 5.74. The average Bonchev–Trinajstić information content (AvgIpc) is 2.35. The van der Waals surface area contributed by atoms with Gasteiger partial charge in [-0.3, -0.25) is 4.79 Å². The maximum atomic E-state index is 11.8. The van der Waals surface area contributed by atoms with E-state index in [1.807, 2.05) is 18.2 Å². The van der Waals surface area contributed by atoms with Crippen LogP contribution in [0, 0.1) is 11.8 Å². The minimum atomic E-state index is -3.34. The maximum Gasteiger partial charge on any atom is 0.237 e. The quantitative estimate of drug-likeness (QED) is 0.796. The first kappa shape index (κ1) is 16.2. The number of carbonyl (C=O) groups is 1. The van der Waals surface area contributed by atoms with Crippen LogP contribution >= 0.6 is 0 Å². The molecule has 0 saturated heterocycles. The summed E-state index contributed by atoms with van der Waals surface area (Å²) in [5, 5.41) is 8.71. The van der Waals surface area contributed by atoms with Crippen molar-refractivity contribution in [2.45, 2.75) is 6.54 Å². The summed E-state index contributed by atoms with van der Waals surface area (Å²) in [4.78, 5) is 13.1. The van der Waals surface area contributed by atoms with Crippen molar-refractivity contribution in [3.05, 3.63) is 35.4 Å². The highest BCUT2D eigenvalue weighted by Crippen LogP contribution is 2.10. The van der Waals surface area contributed by atoms with E-state index >= 15 is 0 Å². The molecule has 1 aromatic carbocycles. The summed E-state index contributed by atoms with van der Waals surface area (Å²) in [6.07, 6.45) is 1.03. The van der Waals surface area contributed by atoms with Gasteiger partial charge in [0.05, 0.1) is 0 Å². The molecule has 20 heavy (non-hydrogen) atoms. The van der Waals surface area contributed by atoms with Crippen molar-refractivity contribution < 1.29 is 18.3 Å². The summed E-state index contributed by atoms with van der Waals surface area (Å²) in [6, 6.07) is 7.22. The number of hydrogen-bond donors (Lipinski definition) is 1. The van der Waals surface area contributed by atoms with Crippen molar-refractivity contribution >= 4 is 15.7 Å². The van der Waals surface area contributed by atoms with E-state index in [9.17, 15) is 13.2 Å². The Hall–Kier alpha value is -1.84. The lowest BCUT2D eigenvalue weighted by atomic mass is 10.1. The van der Waals surface area contributed by atoms with Gasteiger partial charge >= 0.3 is 0 Å². The molecule has 0 unspecified atom stereocenters. The van der Waals surface area contributed by atoms with Crippen LogP contribution in [0.25, 0.3) is 0 Å². The molecule has 0 atom stereocenters. The van der Waals surface area contributed by atoms with E-state index < -0.39 is 21.5 Å². The third-order valence-corrected chi connectivity index (χ3v) is 3.31. The number of hydrogen-bond acceptors (Lipinski definition) is 4. The zero-order valence-corrected chi connectivity index (χ0v) is 12.3. The molecule has 0 aromatic heterocycles. The highest BCUT2D eigenvalue weighted by atomic mass is 32.2. The summed E-state index contributed by atoms with van der Waals surface area (Å²) in [5.41, 5.74) is 1.51. The van der Waals surface area contributed by atoms with Crippen molar-refractivity contribution in [2.75, 3.05) is 25.7 Å². The molecule has 1 rings (SSSR count). The van der Waals surface area contributed by atoms with Crippen molar-refractivity contribution in [3.63, 3.8) is 0 Å². The van der Waals surface area contributed by atoms with Gasteiger partial charge in [0.25, 0.3) is 0 Å². The Morgan fingerprint density at radius 2 is 2.00 bits per heavy atom. The van der Waals surface area contributed by atoms with Crippen molar-refractivity contribution in [2.24, 2.45) is 0 Å². The van der Waals surface area contributed by atoms with Gasteiger partial charge in [-0.15, -0.1) is 0 Å². The highest BCUT2D eigenvalue weighted by Gasteiger charge is 2.16. The molecule has 6 heteroatoms. The first-order valence-electron chi connectivity index (χ1n) is 5.93. The van der Waals surface area contributed by atoms with E-state index in [-0.39, 0.29) is 13.2 Å². The van der Waals surface area contributed by atoms with Gasteiger partial charge in [-0.2, -0.15) is 0 Å². The lowest BCUT2D eigenvalue weighted by Gasteiger charge is -2.17. The molecule has 0 aliphatic carbocycles. The van der Waals surface area contributed by atoms with Gasteiger partial charge in [-0.25, -0.2) is 8.42 Å². The number of amides is 1. The fraction of sp³-hybridized carbons (Fsp3) is 0.357. The van der Waals surface area contributed by atoms with Crippen LogP contribution in [0.2, 0.25) is 0 Å². The number of aliphatic hydroxyl groups is 1. The molecule has 1 N–H and O–H groups in total. The zero-order chi connectivity index (χ0) is 15.2. The number of carbonyl (C=O) groups excluding carboxylic acids is 1. The van der Waals surface area contributed by atoms with E-state index in [1.54, 1.807) is 13.1 Å². The largest absolute Gasteiger partial charge is 0.384 e. The predicted molar refractivity (Wildman–Crippen MR) is 76.6 cm³/mol. The lowest BCUT2D eigenvalue weighted by molar-refractivity contribution is -0.127. The van der Waals surface area contributed by atoms with Crippen LogP contribution in [0.4, 0.5) is 0 Å². The van der Waals surface area contributed by atoms with E-state index in [2.05, 4.69) is 11.8 Å². The number of nitrogens with zero attached hydrogens (tertiary/aromatic N) is 1. The highest BCUT2D eigenvalue weighted by molar-refractivity contribution is 7.91. The van der Waals surface area contributed by atoms with Gasteiger partial charge < -0.3 is 10.0 Å². The summed E-state index contributed by atoms with van der Waals surface area (Å²) in [5.74, 6) is 4.38. The van der Waals surface area contributed by atoms with Crippen LogP contribution in [0.15, 0.2) is 24.3 Å². The Bertz CT molecular complexity index is 641. The standard InChI is InChI=1S/C14H17NO4S/c1-15(14(17)11-20(2,18)19)10-13-7-4-3-6-12(13)8-5-9-16/h3-4,6-7,16H,9-11H2,1-2H3. The van der Waals surface area contributed by atoms with Crippen molar-refractivity contribution in [1.29, 1.82) is 0 Å². The Balaban J connectivity index is 2.85. The molecule has 0 heterocycles. The fourth-order valence-corrected chi connectivity index (χ4v) is 2.26. The van der Waals surface area contributed by atoms with Crippen LogP contribution in [0.1, 0.15) is 11.1 Å². The normalized spacial score (nSPS) is 10.6. The van der Waals surface area contributed by atoms with Crippen LogP contribution in [0.5, 0.6) is 0 Å². The number of sulfone groups is 1. The SMILES string of the molecule is CN(Cc1ccccc1C#CCO)C(=O)CS(C)(=O)=O. The molecular formula is C14H17NO4S. The molecule has 0 fully saturated rings. The Morgan fingerprint density at radius 3 is 2.60 bits per heavy atom. The predicted octanol–water partition coefficient (Wildman–Crippen LogP) is 0.0334. The molecule has 0 saturated carbocycles. The number of rotatable bonds is 4. The smallest absolute Gasteiger partial charge is 0.237 e. The van der Waals surface area contributed by atoms with Gasteiger partial charge in [-0.05, 0) is 11.6 Å². The Morgan fingerprint density at radius 1 is 1.35 bits per heavy atom.